The standard InChI is InChI=1S/C17H21N3O5/c1-12-5-4-6-13(9-12)18-17(22)20(7-8-23-2)10-15-19-14(11-25-15)16(21)24-3/h4-6,9,11H,7-8,10H2,1-3H3,(H,18,22). The van der Waals surface area contributed by atoms with Gasteiger partial charge in [-0.2, -0.15) is 0 Å². The molecule has 0 aliphatic carbocycles. The second kappa shape index (κ2) is 8.84. The van der Waals surface area contributed by atoms with E-state index in [2.05, 4.69) is 15.0 Å². The Labute approximate surface area is 145 Å². The number of amides is 2. The summed E-state index contributed by atoms with van der Waals surface area (Å²) in [6.07, 6.45) is 1.20. The van der Waals surface area contributed by atoms with Crippen LogP contribution in [-0.2, 0) is 16.0 Å². The number of methoxy groups -OCH3 is 2. The zero-order valence-corrected chi connectivity index (χ0v) is 14.4. The monoisotopic (exact) mass is 347 g/mol. The molecule has 0 saturated heterocycles. The number of esters is 1. The molecule has 0 aliphatic heterocycles. The summed E-state index contributed by atoms with van der Waals surface area (Å²) in [6, 6.07) is 7.16. The fourth-order valence-electron chi connectivity index (χ4n) is 2.12. The smallest absolute Gasteiger partial charge is 0.360 e. The number of benzene rings is 1. The summed E-state index contributed by atoms with van der Waals surface area (Å²) in [4.78, 5) is 29.5. The maximum atomic E-state index is 12.5. The number of carbonyl (C=O) groups is 2. The molecule has 134 valence electrons. The van der Waals surface area contributed by atoms with Crippen LogP contribution in [0.25, 0.3) is 0 Å². The Morgan fingerprint density at radius 3 is 2.80 bits per heavy atom. The van der Waals surface area contributed by atoms with E-state index in [0.717, 1.165) is 5.56 Å². The van der Waals surface area contributed by atoms with Gasteiger partial charge in [0.2, 0.25) is 5.89 Å². The molecule has 2 amide bonds. The van der Waals surface area contributed by atoms with Crippen molar-refractivity contribution in [2.45, 2.75) is 13.5 Å². The minimum Gasteiger partial charge on any atom is -0.464 e. The first kappa shape index (κ1) is 18.5. The van der Waals surface area contributed by atoms with Crippen LogP contribution in [0, 0.1) is 6.92 Å². The molecule has 25 heavy (non-hydrogen) atoms. The number of ether oxygens (including phenoxy) is 2. The number of carbonyl (C=O) groups excluding carboxylic acids is 2. The van der Waals surface area contributed by atoms with E-state index in [1.807, 2.05) is 25.1 Å². The van der Waals surface area contributed by atoms with Crippen LogP contribution in [0.5, 0.6) is 0 Å². The van der Waals surface area contributed by atoms with Crippen LogP contribution in [0.15, 0.2) is 34.9 Å². The summed E-state index contributed by atoms with van der Waals surface area (Å²) in [6.45, 7) is 2.73. The number of urea groups is 1. The van der Waals surface area contributed by atoms with Gasteiger partial charge in [0.1, 0.15) is 6.26 Å². The quantitative estimate of drug-likeness (QED) is 0.773. The molecule has 0 saturated carbocycles. The number of aryl methyl sites for hydroxylation is 1. The molecule has 1 heterocycles. The Bertz CT molecular complexity index is 729. The summed E-state index contributed by atoms with van der Waals surface area (Å²) in [5, 5.41) is 2.82. The first-order chi connectivity index (χ1) is 12.0. The molecular formula is C17H21N3O5. The van der Waals surface area contributed by atoms with Crippen molar-refractivity contribution in [1.29, 1.82) is 0 Å². The average Bonchev–Trinajstić information content (AvgIpc) is 3.06. The molecule has 0 bridgehead atoms. The van der Waals surface area contributed by atoms with Crippen LogP contribution < -0.4 is 5.32 Å². The van der Waals surface area contributed by atoms with Crippen molar-refractivity contribution < 1.29 is 23.5 Å². The Morgan fingerprint density at radius 1 is 1.32 bits per heavy atom. The van der Waals surface area contributed by atoms with Crippen molar-refractivity contribution in [3.8, 4) is 0 Å². The maximum Gasteiger partial charge on any atom is 0.360 e. The predicted molar refractivity (Wildman–Crippen MR) is 90.3 cm³/mol. The number of hydrogen-bond donors (Lipinski definition) is 1. The number of oxazole rings is 1. The van der Waals surface area contributed by atoms with E-state index >= 15 is 0 Å². The minimum absolute atomic E-state index is 0.0586. The van der Waals surface area contributed by atoms with Gasteiger partial charge in [-0.3, -0.25) is 0 Å². The number of anilines is 1. The molecular weight excluding hydrogens is 326 g/mol. The van der Waals surface area contributed by atoms with Gasteiger partial charge in [-0.05, 0) is 24.6 Å². The summed E-state index contributed by atoms with van der Waals surface area (Å²) in [7, 11) is 2.81. The summed E-state index contributed by atoms with van der Waals surface area (Å²) in [5.74, 6) is -0.362. The lowest BCUT2D eigenvalue weighted by Gasteiger charge is -2.21. The number of rotatable bonds is 7. The van der Waals surface area contributed by atoms with Crippen LogP contribution in [-0.4, -0.2) is 49.3 Å². The highest BCUT2D eigenvalue weighted by atomic mass is 16.5. The second-order valence-electron chi connectivity index (χ2n) is 5.33. The molecule has 8 nitrogen and oxygen atoms in total. The highest BCUT2D eigenvalue weighted by molar-refractivity contribution is 5.89. The zero-order valence-electron chi connectivity index (χ0n) is 14.4. The number of hydrogen-bond acceptors (Lipinski definition) is 6. The SMILES string of the molecule is COCCN(Cc1nc(C(=O)OC)co1)C(=O)Nc1cccc(C)c1. The van der Waals surface area contributed by atoms with Gasteiger partial charge in [0.05, 0.1) is 20.3 Å². The maximum absolute atomic E-state index is 12.5. The van der Waals surface area contributed by atoms with Crippen molar-refractivity contribution in [2.24, 2.45) is 0 Å². The first-order valence-electron chi connectivity index (χ1n) is 7.67. The molecule has 1 N–H and O–H groups in total. The van der Waals surface area contributed by atoms with E-state index in [-0.39, 0.29) is 24.2 Å². The van der Waals surface area contributed by atoms with Crippen LogP contribution in [0.2, 0.25) is 0 Å². The van der Waals surface area contributed by atoms with E-state index in [1.54, 1.807) is 13.2 Å². The van der Waals surface area contributed by atoms with Crippen LogP contribution in [0.3, 0.4) is 0 Å². The Kier molecular flexibility index (Phi) is 6.53. The number of nitrogens with one attached hydrogen (secondary N) is 1. The Hall–Kier alpha value is -2.87. The molecule has 0 spiro atoms. The van der Waals surface area contributed by atoms with E-state index in [4.69, 9.17) is 9.15 Å². The average molecular weight is 347 g/mol. The predicted octanol–water partition coefficient (Wildman–Crippen LogP) is 2.45. The molecule has 2 rings (SSSR count). The van der Waals surface area contributed by atoms with E-state index in [0.29, 0.717) is 18.8 Å². The summed E-state index contributed by atoms with van der Waals surface area (Å²) >= 11 is 0. The summed E-state index contributed by atoms with van der Waals surface area (Å²) < 4.78 is 14.9. The molecule has 0 fully saturated rings. The van der Waals surface area contributed by atoms with Crippen molar-refractivity contribution >= 4 is 17.7 Å². The number of nitrogens with zero attached hydrogens (tertiary/aromatic N) is 2. The minimum atomic E-state index is -0.595. The van der Waals surface area contributed by atoms with Crippen LogP contribution >= 0.6 is 0 Å². The van der Waals surface area contributed by atoms with Gasteiger partial charge in [-0.1, -0.05) is 12.1 Å². The largest absolute Gasteiger partial charge is 0.464 e. The molecule has 1 aromatic heterocycles. The third-order valence-electron chi connectivity index (χ3n) is 3.39. The lowest BCUT2D eigenvalue weighted by Crippen LogP contribution is -2.37. The molecule has 0 aliphatic rings. The lowest BCUT2D eigenvalue weighted by molar-refractivity contribution is 0.0594. The van der Waals surface area contributed by atoms with E-state index in [1.165, 1.54) is 18.3 Å². The highest BCUT2D eigenvalue weighted by Crippen LogP contribution is 2.12. The topological polar surface area (TPSA) is 93.9 Å². The third kappa shape index (κ3) is 5.32. The van der Waals surface area contributed by atoms with Gasteiger partial charge >= 0.3 is 12.0 Å². The zero-order chi connectivity index (χ0) is 18.2. The molecule has 0 atom stereocenters. The lowest BCUT2D eigenvalue weighted by atomic mass is 10.2. The van der Waals surface area contributed by atoms with E-state index in [9.17, 15) is 9.59 Å². The van der Waals surface area contributed by atoms with Crippen LogP contribution in [0.4, 0.5) is 10.5 Å². The van der Waals surface area contributed by atoms with Crippen LogP contribution in [0.1, 0.15) is 21.9 Å². The van der Waals surface area contributed by atoms with Gasteiger partial charge in [0.25, 0.3) is 0 Å². The van der Waals surface area contributed by atoms with Crippen molar-refractivity contribution in [3.63, 3.8) is 0 Å². The first-order valence-corrected chi connectivity index (χ1v) is 7.67. The molecule has 8 heteroatoms. The molecule has 2 aromatic rings. The fourth-order valence-corrected chi connectivity index (χ4v) is 2.12. The van der Waals surface area contributed by atoms with Gasteiger partial charge in [0, 0.05) is 19.3 Å². The highest BCUT2D eigenvalue weighted by Gasteiger charge is 2.19. The second-order valence-corrected chi connectivity index (χ2v) is 5.33. The van der Waals surface area contributed by atoms with Gasteiger partial charge in [-0.25, -0.2) is 14.6 Å². The fraction of sp³-hybridized carbons (Fsp3) is 0.353. The van der Waals surface area contributed by atoms with Gasteiger partial charge in [-0.15, -0.1) is 0 Å². The van der Waals surface area contributed by atoms with Crippen molar-refractivity contribution in [2.75, 3.05) is 32.7 Å². The Balaban J connectivity index is 2.08. The van der Waals surface area contributed by atoms with Crippen molar-refractivity contribution in [3.05, 3.63) is 47.7 Å². The number of aromatic nitrogens is 1. The normalized spacial score (nSPS) is 10.4. The van der Waals surface area contributed by atoms with Gasteiger partial charge in [0.15, 0.2) is 5.69 Å². The van der Waals surface area contributed by atoms with E-state index < -0.39 is 5.97 Å². The Morgan fingerprint density at radius 2 is 2.12 bits per heavy atom. The molecule has 0 unspecified atom stereocenters. The van der Waals surface area contributed by atoms with Gasteiger partial charge < -0.3 is 24.1 Å². The summed E-state index contributed by atoms with van der Waals surface area (Å²) in [5.41, 5.74) is 1.79. The third-order valence-corrected chi connectivity index (χ3v) is 3.39. The molecule has 0 radical (unpaired) electrons. The molecule has 1 aromatic carbocycles. The van der Waals surface area contributed by atoms with Crippen molar-refractivity contribution in [1.82, 2.24) is 9.88 Å².